The second-order valence-electron chi connectivity index (χ2n) is 11.7. The van der Waals surface area contributed by atoms with Crippen molar-refractivity contribution in [3.8, 4) is 0 Å². The fraction of sp³-hybridized carbons (Fsp3) is 0.846. The topological polar surface area (TPSA) is 32.8 Å². The molecule has 2 nitrogen and oxygen atoms in total. The quantitative estimate of drug-likeness (QED) is 0.598. The zero-order chi connectivity index (χ0) is 19.7. The molecule has 1 saturated heterocycles. The summed E-state index contributed by atoms with van der Waals surface area (Å²) in [4.78, 5) is 0. The van der Waals surface area contributed by atoms with E-state index in [4.69, 9.17) is 4.74 Å². The Morgan fingerprint density at radius 3 is 2.64 bits per heavy atom. The largest absolute Gasteiger partial charge is 0.393 e. The van der Waals surface area contributed by atoms with E-state index >= 15 is 0 Å². The van der Waals surface area contributed by atoms with Crippen molar-refractivity contribution in [3.05, 3.63) is 23.3 Å². The molecule has 1 N–H and O–H groups in total. The lowest BCUT2D eigenvalue weighted by Crippen LogP contribution is -2.46. The summed E-state index contributed by atoms with van der Waals surface area (Å²) >= 11 is 0. The van der Waals surface area contributed by atoms with Gasteiger partial charge in [-0.2, -0.15) is 0 Å². The van der Waals surface area contributed by atoms with Crippen molar-refractivity contribution in [2.24, 2.45) is 34.5 Å². The molecule has 0 aromatic heterocycles. The highest BCUT2D eigenvalue weighted by Gasteiger charge is 2.57. The van der Waals surface area contributed by atoms with Gasteiger partial charge in [0.25, 0.3) is 0 Å². The van der Waals surface area contributed by atoms with Crippen LogP contribution < -0.4 is 0 Å². The van der Waals surface area contributed by atoms with E-state index in [2.05, 4.69) is 39.8 Å². The minimum Gasteiger partial charge on any atom is -0.393 e. The van der Waals surface area contributed by atoms with Crippen molar-refractivity contribution in [2.75, 3.05) is 0 Å². The van der Waals surface area contributed by atoms with Crippen molar-refractivity contribution >= 4 is 0 Å². The molecule has 5 aliphatic rings. The predicted octanol–water partition coefficient (Wildman–Crippen LogP) is 6.05. The summed E-state index contributed by atoms with van der Waals surface area (Å²) in [6, 6.07) is 0. The number of fused-ring (bicyclic) bond motifs is 5. The Morgan fingerprint density at radius 2 is 1.86 bits per heavy atom. The molecule has 5 rings (SSSR count). The third kappa shape index (κ3) is 2.97. The molecule has 4 fully saturated rings. The highest BCUT2D eigenvalue weighted by molar-refractivity contribution is 5.38. The van der Waals surface area contributed by atoms with Crippen LogP contribution >= 0.6 is 0 Å². The van der Waals surface area contributed by atoms with Crippen LogP contribution in [0, 0.1) is 34.5 Å². The van der Waals surface area contributed by atoms with E-state index in [0.29, 0.717) is 23.0 Å². The lowest BCUT2D eigenvalue weighted by atomic mass is 9.50. The van der Waals surface area contributed by atoms with Gasteiger partial charge in [-0.05, 0) is 92.3 Å². The Kier molecular flexibility index (Phi) is 4.64. The molecule has 0 spiro atoms. The lowest BCUT2D eigenvalue weighted by Gasteiger charge is -2.54. The molecule has 1 aliphatic heterocycles. The molecule has 3 saturated carbocycles. The van der Waals surface area contributed by atoms with Gasteiger partial charge in [0, 0.05) is 0 Å². The number of allylic oxidation sites excluding steroid dienone is 3. The summed E-state index contributed by atoms with van der Waals surface area (Å²) in [5, 5.41) is 10.2. The van der Waals surface area contributed by atoms with Gasteiger partial charge in [0.1, 0.15) is 0 Å². The first kappa shape index (κ1) is 19.4. The van der Waals surface area contributed by atoms with E-state index in [1.165, 1.54) is 50.5 Å². The van der Waals surface area contributed by atoms with Crippen LogP contribution in [0.3, 0.4) is 0 Å². The van der Waals surface area contributed by atoms with Crippen LogP contribution in [-0.2, 0) is 4.74 Å². The van der Waals surface area contributed by atoms with Gasteiger partial charge in [0.15, 0.2) is 0 Å². The molecule has 0 bridgehead atoms. The first-order valence-corrected chi connectivity index (χ1v) is 12.1. The Hall–Kier alpha value is -0.600. The smallest absolute Gasteiger partial charge is 0.0844 e. The molecule has 4 aliphatic carbocycles. The van der Waals surface area contributed by atoms with E-state index in [1.54, 1.807) is 5.57 Å². The maximum absolute atomic E-state index is 10.2. The summed E-state index contributed by atoms with van der Waals surface area (Å²) in [5.74, 6) is 3.09. The number of rotatable bonds is 4. The van der Waals surface area contributed by atoms with Crippen molar-refractivity contribution in [3.63, 3.8) is 0 Å². The maximum atomic E-state index is 10.2. The average Bonchev–Trinajstić information content (AvgIpc) is 3.26. The van der Waals surface area contributed by atoms with E-state index < -0.39 is 0 Å². The summed E-state index contributed by atoms with van der Waals surface area (Å²) in [6.07, 6.45) is 17.0. The van der Waals surface area contributed by atoms with Gasteiger partial charge in [-0.1, -0.05) is 51.0 Å². The monoisotopic (exact) mass is 384 g/mol. The summed E-state index contributed by atoms with van der Waals surface area (Å²) in [7, 11) is 0. The zero-order valence-electron chi connectivity index (χ0n) is 18.4. The summed E-state index contributed by atoms with van der Waals surface area (Å²) < 4.78 is 6.07. The van der Waals surface area contributed by atoms with E-state index in [-0.39, 0.29) is 6.10 Å². The van der Waals surface area contributed by atoms with Crippen LogP contribution in [0.5, 0.6) is 0 Å². The molecule has 0 radical (unpaired) electrons. The van der Waals surface area contributed by atoms with Crippen LogP contribution in [0.15, 0.2) is 23.3 Å². The van der Waals surface area contributed by atoms with E-state index in [9.17, 15) is 5.11 Å². The maximum Gasteiger partial charge on any atom is 0.0844 e. The van der Waals surface area contributed by atoms with Crippen LogP contribution in [0.2, 0.25) is 0 Å². The van der Waals surface area contributed by atoms with Crippen LogP contribution in [0.25, 0.3) is 0 Å². The van der Waals surface area contributed by atoms with Crippen LogP contribution in [0.4, 0.5) is 0 Å². The molecule has 7 unspecified atom stereocenters. The van der Waals surface area contributed by atoms with Crippen LogP contribution in [0.1, 0.15) is 85.5 Å². The SMILES string of the molecule is CC(C)CC1O[C@H]1CC1CCC2C3=CC=C4CC(O)CCC4(C)C3CCC12C. The minimum absolute atomic E-state index is 0.115. The zero-order valence-corrected chi connectivity index (χ0v) is 18.4. The van der Waals surface area contributed by atoms with Crippen molar-refractivity contribution < 1.29 is 9.84 Å². The second kappa shape index (κ2) is 6.71. The van der Waals surface area contributed by atoms with Gasteiger partial charge in [0.05, 0.1) is 18.3 Å². The molecular weight excluding hydrogens is 344 g/mol. The van der Waals surface area contributed by atoms with Gasteiger partial charge < -0.3 is 9.84 Å². The molecule has 8 atom stereocenters. The Morgan fingerprint density at radius 1 is 1.04 bits per heavy atom. The second-order valence-corrected chi connectivity index (χ2v) is 11.7. The summed E-state index contributed by atoms with van der Waals surface area (Å²) in [5.41, 5.74) is 4.09. The molecular formula is C26H40O2. The number of epoxide rings is 1. The van der Waals surface area contributed by atoms with Crippen LogP contribution in [-0.4, -0.2) is 23.4 Å². The standard InChI is InChI=1S/C26H40O2/c1-16(2)13-23-24(28-23)15-18-6-8-21-20-7-5-17-14-19(27)9-11-25(17,3)22(20)10-12-26(18,21)4/h5,7,16,18-19,21-24,27H,6,8-15H2,1-4H3/t18?,19?,21?,22?,23?,24-,25?,26?/m0/s1. The molecule has 0 aromatic rings. The Labute approximate surface area is 171 Å². The number of ether oxygens (including phenoxy) is 1. The fourth-order valence-corrected chi connectivity index (χ4v) is 7.82. The highest BCUT2D eigenvalue weighted by atomic mass is 16.6. The Bertz CT molecular complexity index is 691. The van der Waals surface area contributed by atoms with Crippen molar-refractivity contribution in [1.82, 2.24) is 0 Å². The Balaban J connectivity index is 1.34. The lowest BCUT2D eigenvalue weighted by molar-refractivity contribution is 0.0420. The minimum atomic E-state index is -0.115. The number of hydrogen-bond donors (Lipinski definition) is 1. The average molecular weight is 385 g/mol. The molecule has 0 aromatic carbocycles. The van der Waals surface area contributed by atoms with Gasteiger partial charge >= 0.3 is 0 Å². The van der Waals surface area contributed by atoms with Gasteiger partial charge in [-0.15, -0.1) is 0 Å². The van der Waals surface area contributed by atoms with Gasteiger partial charge in [0.2, 0.25) is 0 Å². The molecule has 156 valence electrons. The molecule has 28 heavy (non-hydrogen) atoms. The number of hydrogen-bond acceptors (Lipinski definition) is 2. The van der Waals surface area contributed by atoms with Crippen molar-refractivity contribution in [1.29, 1.82) is 0 Å². The molecule has 1 heterocycles. The van der Waals surface area contributed by atoms with Crippen molar-refractivity contribution in [2.45, 2.75) is 104 Å². The predicted molar refractivity (Wildman–Crippen MR) is 114 cm³/mol. The number of aliphatic hydroxyl groups is 1. The normalized spacial score (nSPS) is 49.8. The first-order chi connectivity index (χ1) is 13.3. The first-order valence-electron chi connectivity index (χ1n) is 12.1. The third-order valence-corrected chi connectivity index (χ3v) is 9.65. The van der Waals surface area contributed by atoms with Gasteiger partial charge in [-0.25, -0.2) is 0 Å². The number of aliphatic hydroxyl groups excluding tert-OH is 1. The third-order valence-electron chi connectivity index (χ3n) is 9.65. The molecule has 2 heteroatoms. The molecule has 0 amide bonds. The fourth-order valence-electron chi connectivity index (χ4n) is 7.82. The summed E-state index contributed by atoms with van der Waals surface area (Å²) in [6.45, 7) is 9.74. The van der Waals surface area contributed by atoms with E-state index in [1.807, 2.05) is 0 Å². The van der Waals surface area contributed by atoms with E-state index in [0.717, 1.165) is 36.5 Å². The van der Waals surface area contributed by atoms with Gasteiger partial charge in [-0.3, -0.25) is 0 Å². The highest BCUT2D eigenvalue weighted by Crippen LogP contribution is 2.65.